The lowest BCUT2D eigenvalue weighted by molar-refractivity contribution is -0.131. The molecule has 176 valence electrons. The molecular formula is C23H27N3O4S3. The average molecular weight is 506 g/mol. The minimum absolute atomic E-state index is 0.00786. The van der Waals surface area contributed by atoms with E-state index in [-0.39, 0.29) is 23.0 Å². The van der Waals surface area contributed by atoms with Gasteiger partial charge in [-0.2, -0.15) is 0 Å². The number of carbonyl (C=O) groups is 1. The lowest BCUT2D eigenvalue weighted by atomic mass is 10.2. The summed E-state index contributed by atoms with van der Waals surface area (Å²) < 4.78 is 31.3. The average Bonchev–Trinajstić information content (AvgIpc) is 3.27. The highest BCUT2D eigenvalue weighted by atomic mass is 32.2. The predicted molar refractivity (Wildman–Crippen MR) is 134 cm³/mol. The number of piperazine rings is 1. The number of sulfone groups is 1. The third-order valence-corrected chi connectivity index (χ3v) is 9.33. The van der Waals surface area contributed by atoms with E-state index in [4.69, 9.17) is 9.72 Å². The van der Waals surface area contributed by atoms with Crippen LogP contribution in [0.5, 0.6) is 5.75 Å². The van der Waals surface area contributed by atoms with E-state index in [0.717, 1.165) is 23.7 Å². The molecule has 10 heteroatoms. The number of thioether (sulfide) groups is 1. The first-order valence-corrected chi connectivity index (χ1v) is 14.4. The zero-order valence-electron chi connectivity index (χ0n) is 18.7. The van der Waals surface area contributed by atoms with E-state index < -0.39 is 9.84 Å². The second-order valence-corrected chi connectivity index (χ2v) is 11.8. The van der Waals surface area contributed by atoms with E-state index in [9.17, 15) is 13.2 Å². The lowest BCUT2D eigenvalue weighted by Crippen LogP contribution is -2.48. The molecular weight excluding hydrogens is 478 g/mol. The highest BCUT2D eigenvalue weighted by Gasteiger charge is 2.24. The van der Waals surface area contributed by atoms with Crippen LogP contribution in [0.15, 0.2) is 52.3 Å². The Morgan fingerprint density at radius 1 is 1.12 bits per heavy atom. The van der Waals surface area contributed by atoms with Gasteiger partial charge in [0.2, 0.25) is 5.91 Å². The molecule has 33 heavy (non-hydrogen) atoms. The van der Waals surface area contributed by atoms with Gasteiger partial charge in [-0.05, 0) is 55.1 Å². The number of amides is 1. The molecule has 4 rings (SSSR count). The molecule has 0 aliphatic carbocycles. The Hall–Kier alpha value is -2.30. The van der Waals surface area contributed by atoms with Crippen LogP contribution < -0.4 is 9.64 Å². The number of benzene rings is 2. The van der Waals surface area contributed by atoms with Crippen LogP contribution >= 0.6 is 23.1 Å². The van der Waals surface area contributed by atoms with Gasteiger partial charge >= 0.3 is 0 Å². The normalized spacial score (nSPS) is 14.6. The van der Waals surface area contributed by atoms with Crippen LogP contribution in [0, 0.1) is 0 Å². The molecule has 0 saturated carbocycles. The summed E-state index contributed by atoms with van der Waals surface area (Å²) in [5.41, 5.74) is 1.00. The van der Waals surface area contributed by atoms with Crippen LogP contribution in [0.1, 0.15) is 12.8 Å². The topological polar surface area (TPSA) is 79.8 Å². The van der Waals surface area contributed by atoms with Gasteiger partial charge in [0, 0.05) is 37.5 Å². The molecule has 2 aromatic carbocycles. The van der Waals surface area contributed by atoms with E-state index in [1.165, 1.54) is 16.7 Å². The van der Waals surface area contributed by atoms with Gasteiger partial charge in [-0.15, -0.1) is 11.8 Å². The summed E-state index contributed by atoms with van der Waals surface area (Å²) in [6, 6.07) is 12.7. The van der Waals surface area contributed by atoms with E-state index in [1.807, 2.05) is 4.90 Å². The summed E-state index contributed by atoms with van der Waals surface area (Å²) in [6.07, 6.45) is 2.60. The van der Waals surface area contributed by atoms with Crippen molar-refractivity contribution in [3.8, 4) is 5.75 Å². The van der Waals surface area contributed by atoms with Gasteiger partial charge in [0.25, 0.3) is 0 Å². The Bertz CT molecular complexity index is 1220. The van der Waals surface area contributed by atoms with Crippen molar-refractivity contribution in [1.29, 1.82) is 0 Å². The number of ether oxygens (including phenoxy) is 1. The summed E-state index contributed by atoms with van der Waals surface area (Å²) in [5, 5.41) is 0.987. The molecule has 3 aromatic rings. The summed E-state index contributed by atoms with van der Waals surface area (Å²) in [7, 11) is -1.88. The van der Waals surface area contributed by atoms with Crippen LogP contribution in [0.4, 0.5) is 5.13 Å². The first kappa shape index (κ1) is 23.8. The number of anilines is 1. The monoisotopic (exact) mass is 505 g/mol. The molecule has 0 radical (unpaired) electrons. The Kier molecular flexibility index (Phi) is 7.45. The van der Waals surface area contributed by atoms with Gasteiger partial charge in [-0.25, -0.2) is 13.4 Å². The number of methoxy groups -OCH3 is 1. The van der Waals surface area contributed by atoms with Crippen LogP contribution in [-0.2, 0) is 14.6 Å². The maximum atomic E-state index is 12.6. The van der Waals surface area contributed by atoms with E-state index in [0.29, 0.717) is 25.3 Å². The van der Waals surface area contributed by atoms with Crippen molar-refractivity contribution in [1.82, 2.24) is 9.88 Å². The molecule has 0 bridgehead atoms. The Morgan fingerprint density at radius 3 is 2.52 bits per heavy atom. The summed E-state index contributed by atoms with van der Waals surface area (Å²) >= 11 is 3.40. The second kappa shape index (κ2) is 10.3. The van der Waals surface area contributed by atoms with E-state index in [1.54, 1.807) is 47.4 Å². The molecule has 1 amide bonds. The van der Waals surface area contributed by atoms with Gasteiger partial charge in [0.1, 0.15) is 5.75 Å². The molecule has 0 unspecified atom stereocenters. The number of thiazole rings is 1. The molecule has 0 spiro atoms. The largest absolute Gasteiger partial charge is 0.497 e. The number of fused-ring (bicyclic) bond motifs is 1. The van der Waals surface area contributed by atoms with Crippen LogP contribution in [0.25, 0.3) is 10.2 Å². The molecule has 1 fully saturated rings. The van der Waals surface area contributed by atoms with Crippen molar-refractivity contribution in [3.05, 3.63) is 42.5 Å². The summed E-state index contributed by atoms with van der Waals surface area (Å²) in [4.78, 5) is 22.9. The lowest BCUT2D eigenvalue weighted by Gasteiger charge is -2.34. The Labute approximate surface area is 202 Å². The minimum atomic E-state index is -3.42. The zero-order chi connectivity index (χ0) is 23.4. The first-order valence-electron chi connectivity index (χ1n) is 10.7. The number of rotatable bonds is 8. The predicted octanol–water partition coefficient (Wildman–Crippen LogP) is 3.93. The number of hydrogen-bond acceptors (Lipinski definition) is 8. The Balaban J connectivity index is 1.27. The number of carbonyl (C=O) groups excluding carboxylic acids is 1. The van der Waals surface area contributed by atoms with Crippen molar-refractivity contribution in [2.75, 3.05) is 50.2 Å². The van der Waals surface area contributed by atoms with Gasteiger partial charge < -0.3 is 14.5 Å². The molecule has 1 aromatic heterocycles. The van der Waals surface area contributed by atoms with Gasteiger partial charge in [-0.3, -0.25) is 4.79 Å². The maximum absolute atomic E-state index is 12.6. The van der Waals surface area contributed by atoms with Crippen molar-refractivity contribution in [2.24, 2.45) is 0 Å². The highest BCUT2D eigenvalue weighted by Crippen LogP contribution is 2.32. The first-order chi connectivity index (χ1) is 15.9. The SMILES string of the molecule is COc1ccc(S(=O)(=O)CCCC(=O)N2CCN(c3nc4ccc(SC)cc4s3)CC2)cc1. The van der Waals surface area contributed by atoms with E-state index >= 15 is 0 Å². The van der Waals surface area contributed by atoms with Crippen molar-refractivity contribution < 1.29 is 17.9 Å². The van der Waals surface area contributed by atoms with Gasteiger partial charge in [0.05, 0.1) is 28.0 Å². The Morgan fingerprint density at radius 2 is 1.85 bits per heavy atom. The molecule has 1 saturated heterocycles. The van der Waals surface area contributed by atoms with E-state index in [2.05, 4.69) is 29.4 Å². The van der Waals surface area contributed by atoms with Crippen molar-refractivity contribution >= 4 is 54.2 Å². The maximum Gasteiger partial charge on any atom is 0.222 e. The quantitative estimate of drug-likeness (QED) is 0.429. The number of hydrogen-bond donors (Lipinski definition) is 0. The summed E-state index contributed by atoms with van der Waals surface area (Å²) in [5.74, 6) is 0.571. The highest BCUT2D eigenvalue weighted by molar-refractivity contribution is 7.98. The fourth-order valence-electron chi connectivity index (χ4n) is 3.77. The van der Waals surface area contributed by atoms with Gasteiger partial charge in [0.15, 0.2) is 15.0 Å². The number of nitrogens with zero attached hydrogens (tertiary/aromatic N) is 3. The van der Waals surface area contributed by atoms with Crippen molar-refractivity contribution in [3.63, 3.8) is 0 Å². The molecule has 0 N–H and O–H groups in total. The third-order valence-electron chi connectivity index (χ3n) is 5.71. The molecule has 1 aliphatic rings. The second-order valence-electron chi connectivity index (χ2n) is 7.80. The fourth-order valence-corrected chi connectivity index (χ4v) is 6.66. The van der Waals surface area contributed by atoms with Gasteiger partial charge in [-0.1, -0.05) is 11.3 Å². The summed E-state index contributed by atoms with van der Waals surface area (Å²) in [6.45, 7) is 2.70. The molecule has 7 nitrogen and oxygen atoms in total. The van der Waals surface area contributed by atoms with Crippen LogP contribution in [0.2, 0.25) is 0 Å². The molecule has 2 heterocycles. The number of aromatic nitrogens is 1. The van der Waals surface area contributed by atoms with Crippen molar-refractivity contribution in [2.45, 2.75) is 22.6 Å². The van der Waals surface area contributed by atoms with Crippen LogP contribution in [0.3, 0.4) is 0 Å². The smallest absolute Gasteiger partial charge is 0.222 e. The third kappa shape index (κ3) is 5.62. The minimum Gasteiger partial charge on any atom is -0.497 e. The standard InChI is InChI=1S/C23H27N3O4S3/c1-30-17-5-8-19(9-6-17)33(28,29)15-3-4-22(27)25-11-13-26(14-12-25)23-24-20-10-7-18(31-2)16-21(20)32-23/h5-10,16H,3-4,11-15H2,1-2H3. The molecule has 0 atom stereocenters. The molecule has 1 aliphatic heterocycles. The fraction of sp³-hybridized carbons (Fsp3) is 0.391. The zero-order valence-corrected chi connectivity index (χ0v) is 21.1. The van der Waals surface area contributed by atoms with Crippen LogP contribution in [-0.4, -0.2) is 69.5 Å².